The number of carbonyl (C=O) groups is 8. The topological polar surface area (TPSA) is 390 Å². The number of aromatic carboxylic acids is 1. The van der Waals surface area contributed by atoms with Gasteiger partial charge in [0, 0.05) is 84.9 Å². The van der Waals surface area contributed by atoms with Crippen LogP contribution in [0.1, 0.15) is 117 Å². The van der Waals surface area contributed by atoms with Gasteiger partial charge in [-0.2, -0.15) is 5.10 Å². The molecule has 4 saturated carbocycles. The molecule has 3 unspecified atom stereocenters. The molecule has 10 N–H and O–H groups in total. The average molecular weight is 1390 g/mol. The number of aliphatic hydroxyl groups is 2. The fraction of sp³-hybridized carbons (Fsp3) is 0.500. The van der Waals surface area contributed by atoms with Crippen LogP contribution >= 0.6 is 11.3 Å². The van der Waals surface area contributed by atoms with Gasteiger partial charge in [0.05, 0.1) is 61.1 Å². The number of nitrogens with zero attached hydrogens (tertiary/aromatic N) is 9. The summed E-state index contributed by atoms with van der Waals surface area (Å²) in [7, 11) is 0. The van der Waals surface area contributed by atoms with Gasteiger partial charge >= 0.3 is 18.1 Å². The number of carboxylic acid groups (broad SMARTS) is 1. The highest BCUT2D eigenvalue weighted by atomic mass is 32.1. The van der Waals surface area contributed by atoms with Crippen molar-refractivity contribution in [2.45, 2.75) is 142 Å². The van der Waals surface area contributed by atoms with E-state index in [1.165, 1.54) is 28.4 Å². The summed E-state index contributed by atoms with van der Waals surface area (Å²) in [5.74, 6) is -1.62. The number of carbonyl (C=O) groups excluding carboxylic acids is 7. The summed E-state index contributed by atoms with van der Waals surface area (Å²) in [4.78, 5) is 117. The van der Waals surface area contributed by atoms with Gasteiger partial charge in [-0.15, -0.1) is 10.2 Å². The Kier molecular flexibility index (Phi) is 22.8. The molecular formula is C70H87N15O14S. The van der Waals surface area contributed by atoms with E-state index >= 15 is 0 Å². The highest BCUT2D eigenvalue weighted by molar-refractivity contribution is 7.22. The highest BCUT2D eigenvalue weighted by Crippen LogP contribution is 2.63. The van der Waals surface area contributed by atoms with Crippen molar-refractivity contribution >= 4 is 97.5 Å². The van der Waals surface area contributed by atoms with E-state index in [2.05, 4.69) is 36.8 Å². The molecule has 29 nitrogen and oxygen atoms in total. The maximum absolute atomic E-state index is 13.9. The van der Waals surface area contributed by atoms with Crippen LogP contribution < -0.4 is 37.2 Å². The number of aliphatic hydroxyl groups excluding tert-OH is 2. The molecule has 0 spiro atoms. The molecule has 2 aliphatic heterocycles. The Balaban J connectivity index is 0.684. The predicted octanol–water partition coefficient (Wildman–Crippen LogP) is 6.57. The minimum Gasteiger partial charge on any atom is -0.476 e. The second-order valence-corrected chi connectivity index (χ2v) is 28.2. The van der Waals surface area contributed by atoms with Crippen molar-refractivity contribution in [2.75, 3.05) is 74.7 Å². The Morgan fingerprint density at radius 2 is 1.63 bits per heavy atom. The first-order valence-electron chi connectivity index (χ1n) is 34.1. The summed E-state index contributed by atoms with van der Waals surface area (Å²) in [5.41, 5.74) is 10.3. The fourth-order valence-corrected chi connectivity index (χ4v) is 15.8. The third-order valence-corrected chi connectivity index (χ3v) is 20.5. The van der Waals surface area contributed by atoms with E-state index in [1.54, 1.807) is 44.3 Å². The first-order valence-corrected chi connectivity index (χ1v) is 34.9. The third kappa shape index (κ3) is 17.2. The molecule has 4 bridgehead atoms. The standard InChI is InChI=1S/C70H87N15O14S/c1-41(2)59(78-56(88)22-28-97-29-27-84-57(89)19-20-58(84)90)64(92)75-53(11-7-23-72-66(71)95)63(91)74-47-15-13-44(14-16-47)38-98-68(96)82(25-21-48(87)37-86)26-30-99-70-34-45-31-46(35-70)33-69(32-45,39-70)40-85-43(4)51(36-73-85)50-17-18-55(77-60(50)65(93)94)83-24-8-9-49-42(3)61(80-81-62(49)83)79-67-76-52-10-5-6-12-54(52)100-67/h5-6,10,12-20,36,41,45-46,48,53,59,86-87H,7-9,11,21-35,37-40H2,1-4H3,(H,74,91)(H,75,92)(H,78,88)(H,93,94)(H3,71,72,95)(H,76,79,80)/t45-,46?,48+,53+,59+,69?,70?/m1/s1. The summed E-state index contributed by atoms with van der Waals surface area (Å²) >= 11 is 1.54. The van der Waals surface area contributed by atoms with Crippen LogP contribution in [0.4, 0.5) is 37.9 Å². The number of pyridine rings is 1. The molecule has 8 amide bonds. The lowest BCUT2D eigenvalue weighted by Crippen LogP contribution is -2.58. The fourth-order valence-electron chi connectivity index (χ4n) is 15.0. The van der Waals surface area contributed by atoms with E-state index in [-0.39, 0.29) is 89.4 Å². The number of anilines is 5. The van der Waals surface area contributed by atoms with Crippen LogP contribution in [0.2, 0.25) is 0 Å². The van der Waals surface area contributed by atoms with Gasteiger partial charge in [0.25, 0.3) is 11.8 Å². The normalized spacial score (nSPS) is 19.9. The number of para-hydroxylation sites is 1. The second-order valence-electron chi connectivity index (χ2n) is 27.2. The Bertz CT molecular complexity index is 3980. The summed E-state index contributed by atoms with van der Waals surface area (Å²) in [6.45, 7) is 8.52. The van der Waals surface area contributed by atoms with Gasteiger partial charge in [0.1, 0.15) is 24.5 Å². The van der Waals surface area contributed by atoms with Gasteiger partial charge in [-0.1, -0.05) is 49.4 Å². The summed E-state index contributed by atoms with van der Waals surface area (Å²) in [5, 5.41) is 59.8. The van der Waals surface area contributed by atoms with Gasteiger partial charge in [-0.3, -0.25) is 33.6 Å². The number of hydrogen-bond donors (Lipinski definition) is 9. The van der Waals surface area contributed by atoms with Crippen LogP contribution in [0.25, 0.3) is 21.3 Å². The summed E-state index contributed by atoms with van der Waals surface area (Å²) in [6.07, 6.45) is 9.85. The van der Waals surface area contributed by atoms with E-state index in [0.717, 1.165) is 88.4 Å². The first-order chi connectivity index (χ1) is 48.1. The minimum absolute atomic E-state index is 0.0134. The second kappa shape index (κ2) is 31.8. The van der Waals surface area contributed by atoms with Gasteiger partial charge < -0.3 is 71.6 Å². The number of thiazole rings is 1. The van der Waals surface area contributed by atoms with Gasteiger partial charge in [0.2, 0.25) is 17.7 Å². The average Bonchev–Trinajstić information content (AvgIpc) is 0.782. The zero-order chi connectivity index (χ0) is 70.8. The van der Waals surface area contributed by atoms with Crippen LogP contribution in [0.5, 0.6) is 0 Å². The monoisotopic (exact) mass is 1390 g/mol. The van der Waals surface area contributed by atoms with Crippen molar-refractivity contribution in [1.29, 1.82) is 0 Å². The van der Waals surface area contributed by atoms with Crippen molar-refractivity contribution in [3.05, 3.63) is 107 Å². The highest BCUT2D eigenvalue weighted by Gasteiger charge is 2.58. The molecule has 6 heterocycles. The Labute approximate surface area is 582 Å². The van der Waals surface area contributed by atoms with Crippen molar-refractivity contribution in [3.8, 4) is 11.1 Å². The number of benzene rings is 2. The molecular weight excluding hydrogens is 1310 g/mol. The Hall–Kier alpha value is -9.49. The molecule has 6 aromatic rings. The number of fused-ring (bicyclic) bond motifs is 2. The molecule has 2 aromatic carbocycles. The molecule has 6 aliphatic rings. The Morgan fingerprint density at radius 1 is 0.870 bits per heavy atom. The number of urea groups is 1. The zero-order valence-electron chi connectivity index (χ0n) is 56.6. The molecule has 532 valence electrons. The number of rotatable bonds is 33. The van der Waals surface area contributed by atoms with Crippen LogP contribution in [0.15, 0.2) is 79.0 Å². The molecule has 4 fully saturated rings. The number of carboxylic acids is 1. The van der Waals surface area contributed by atoms with E-state index in [1.807, 2.05) is 59.8 Å². The zero-order valence-corrected chi connectivity index (χ0v) is 57.4. The smallest absolute Gasteiger partial charge is 0.410 e. The maximum Gasteiger partial charge on any atom is 0.410 e. The molecule has 12 rings (SSSR count). The molecule has 100 heavy (non-hydrogen) atoms. The molecule has 4 aromatic heterocycles. The lowest BCUT2D eigenvalue weighted by Gasteiger charge is -2.61. The molecule has 7 atom stereocenters. The summed E-state index contributed by atoms with van der Waals surface area (Å²) < 4.78 is 21.3. The quantitative estimate of drug-likeness (QED) is 0.0155. The number of primary amides is 1. The van der Waals surface area contributed by atoms with Crippen molar-refractivity contribution in [1.82, 2.24) is 55.7 Å². The minimum atomic E-state index is -1.16. The van der Waals surface area contributed by atoms with Gasteiger partial charge in [-0.05, 0) is 150 Å². The number of aromatic nitrogens is 6. The van der Waals surface area contributed by atoms with E-state index in [0.29, 0.717) is 64.8 Å². The molecule has 0 radical (unpaired) electrons. The van der Waals surface area contributed by atoms with E-state index in [9.17, 15) is 53.7 Å². The molecule has 0 saturated heterocycles. The number of nitrogens with two attached hydrogens (primary N) is 1. The van der Waals surface area contributed by atoms with E-state index < -0.39 is 83.9 Å². The number of ether oxygens (including phenoxy) is 3. The van der Waals surface area contributed by atoms with Crippen molar-refractivity contribution in [3.63, 3.8) is 0 Å². The predicted molar refractivity (Wildman–Crippen MR) is 369 cm³/mol. The van der Waals surface area contributed by atoms with Crippen LogP contribution in [-0.2, 0) is 57.8 Å². The van der Waals surface area contributed by atoms with Gasteiger partial charge in [-0.25, -0.2) is 24.4 Å². The third-order valence-electron chi connectivity index (χ3n) is 19.5. The number of amides is 8. The summed E-state index contributed by atoms with van der Waals surface area (Å²) in [6, 6.07) is 15.2. The maximum atomic E-state index is 13.9. The SMILES string of the molecule is Cc1c(Nc2nc3ccccc3s2)nnc2c1CCCN2c1ccc(-c2cnn(CC34CC5C[C@H](C3)CC(OCCN(CC[C@H](O)CO)C(=O)OCc3ccc(NC(=O)[C@H](CCCNC(N)=O)NC(=O)[C@@H](NC(=O)CCOCCN6C(=O)C=CC6=O)C(C)C)cc3)(C5)C4)c2C)c(C(=O)O)n1. The van der Waals surface area contributed by atoms with Crippen molar-refractivity contribution < 1.29 is 67.9 Å². The van der Waals surface area contributed by atoms with Crippen LogP contribution in [0.3, 0.4) is 0 Å². The van der Waals surface area contributed by atoms with Crippen LogP contribution in [-0.4, -0.2) is 186 Å². The molecule has 4 aliphatic carbocycles. The Morgan fingerprint density at radius 3 is 2.35 bits per heavy atom. The lowest BCUT2D eigenvalue weighted by atomic mass is 9.48. The number of hydrogen-bond acceptors (Lipinski definition) is 21. The molecule has 30 heteroatoms. The number of imide groups is 1. The lowest BCUT2D eigenvalue weighted by molar-refractivity contribution is -0.197. The van der Waals surface area contributed by atoms with Gasteiger partial charge in [0.15, 0.2) is 22.5 Å². The number of nitrogens with one attached hydrogen (secondary N) is 5. The first kappa shape index (κ1) is 71.8. The van der Waals surface area contributed by atoms with Crippen molar-refractivity contribution in [2.24, 2.45) is 28.9 Å². The van der Waals surface area contributed by atoms with E-state index in [4.69, 9.17) is 35.0 Å². The van der Waals surface area contributed by atoms with Crippen LogP contribution in [0, 0.1) is 37.0 Å². The largest absolute Gasteiger partial charge is 0.476 e.